The van der Waals surface area contributed by atoms with Crippen LogP contribution in [0.5, 0.6) is 0 Å². The molecule has 0 aromatic rings. The molecule has 0 amide bonds. The summed E-state index contributed by atoms with van der Waals surface area (Å²) in [4.78, 5) is 0. The van der Waals surface area contributed by atoms with Crippen LogP contribution in [-0.2, 0) is 0 Å². The van der Waals surface area contributed by atoms with Crippen LogP contribution < -0.4 is 5.32 Å². The fourth-order valence-electron chi connectivity index (χ4n) is 2.70. The van der Waals surface area contributed by atoms with E-state index in [0.29, 0.717) is 0 Å². The molecule has 0 aliphatic heterocycles. The second-order valence-electron chi connectivity index (χ2n) is 4.64. The Kier molecular flexibility index (Phi) is 5.49. The van der Waals surface area contributed by atoms with Crippen molar-refractivity contribution in [2.75, 3.05) is 13.6 Å². The fraction of sp³-hybridized carbons (Fsp3) is 1.00. The minimum atomic E-state index is 0.0492. The molecular weight excluding hydrogens is 174 g/mol. The zero-order chi connectivity index (χ0) is 10.4. The third-order valence-corrected chi connectivity index (χ3v) is 3.57. The van der Waals surface area contributed by atoms with Gasteiger partial charge in [0.25, 0.3) is 0 Å². The highest BCUT2D eigenvalue weighted by Gasteiger charge is 2.34. The Hall–Kier alpha value is -0.0800. The predicted molar refractivity (Wildman–Crippen MR) is 60.3 cm³/mol. The molecule has 2 rings (SSSR count). The number of hydrogen-bond acceptors (Lipinski definition) is 2. The summed E-state index contributed by atoms with van der Waals surface area (Å²) in [5, 5.41) is 12.3. The lowest BCUT2D eigenvalue weighted by Gasteiger charge is -2.23. The van der Waals surface area contributed by atoms with Crippen molar-refractivity contribution in [2.45, 2.75) is 51.6 Å². The van der Waals surface area contributed by atoms with E-state index in [0.717, 1.165) is 31.2 Å². The van der Waals surface area contributed by atoms with Gasteiger partial charge in [-0.15, -0.1) is 0 Å². The van der Waals surface area contributed by atoms with Crippen LogP contribution in [0.1, 0.15) is 45.4 Å². The first-order chi connectivity index (χ1) is 6.77. The van der Waals surface area contributed by atoms with Gasteiger partial charge in [-0.2, -0.15) is 0 Å². The second-order valence-corrected chi connectivity index (χ2v) is 4.64. The molecule has 0 aromatic heterocycles. The van der Waals surface area contributed by atoms with E-state index < -0.39 is 0 Å². The van der Waals surface area contributed by atoms with Gasteiger partial charge in [0.05, 0.1) is 6.10 Å². The Labute approximate surface area is 88.1 Å². The first kappa shape index (κ1) is 12.0. The van der Waals surface area contributed by atoms with Crippen molar-refractivity contribution < 1.29 is 5.11 Å². The van der Waals surface area contributed by atoms with Crippen LogP contribution in [0.25, 0.3) is 0 Å². The van der Waals surface area contributed by atoms with Gasteiger partial charge < -0.3 is 10.4 Å². The van der Waals surface area contributed by atoms with Crippen LogP contribution in [0, 0.1) is 11.8 Å². The van der Waals surface area contributed by atoms with Gasteiger partial charge in [0, 0.05) is 0 Å². The van der Waals surface area contributed by atoms with Crippen LogP contribution in [0.3, 0.4) is 0 Å². The summed E-state index contributed by atoms with van der Waals surface area (Å²) in [6.07, 6.45) is 7.86. The predicted octanol–water partition coefficient (Wildman–Crippen LogP) is 2.17. The van der Waals surface area contributed by atoms with Crippen molar-refractivity contribution in [3.05, 3.63) is 0 Å². The van der Waals surface area contributed by atoms with Crippen LogP contribution in [0.2, 0.25) is 0 Å². The lowest BCUT2D eigenvalue weighted by Crippen LogP contribution is -2.12. The third-order valence-electron chi connectivity index (χ3n) is 3.57. The van der Waals surface area contributed by atoms with Crippen molar-refractivity contribution in [3.8, 4) is 0 Å². The van der Waals surface area contributed by atoms with E-state index in [1.807, 2.05) is 7.05 Å². The summed E-state index contributed by atoms with van der Waals surface area (Å²) in [5.41, 5.74) is 0. The van der Waals surface area contributed by atoms with E-state index in [1.54, 1.807) is 0 Å². The molecule has 2 aliphatic carbocycles. The second kappa shape index (κ2) is 6.41. The van der Waals surface area contributed by atoms with E-state index in [-0.39, 0.29) is 6.10 Å². The van der Waals surface area contributed by atoms with Gasteiger partial charge in [0.1, 0.15) is 0 Å². The minimum absolute atomic E-state index is 0.0492. The molecule has 2 fully saturated rings. The van der Waals surface area contributed by atoms with E-state index in [2.05, 4.69) is 12.2 Å². The summed E-state index contributed by atoms with van der Waals surface area (Å²) in [6, 6.07) is 0. The van der Waals surface area contributed by atoms with Crippen LogP contribution >= 0.6 is 0 Å². The van der Waals surface area contributed by atoms with Crippen molar-refractivity contribution >= 4 is 0 Å². The minimum Gasteiger partial charge on any atom is -0.393 e. The molecule has 2 heteroatoms. The lowest BCUT2D eigenvalue weighted by atomic mass is 9.82. The molecule has 2 nitrogen and oxygen atoms in total. The summed E-state index contributed by atoms with van der Waals surface area (Å²) >= 11 is 0. The van der Waals surface area contributed by atoms with Crippen molar-refractivity contribution in [3.63, 3.8) is 0 Å². The SMILES string of the molecule is CCNC.OC1CC2CCCCC2C1. The van der Waals surface area contributed by atoms with E-state index >= 15 is 0 Å². The van der Waals surface area contributed by atoms with E-state index in [1.165, 1.54) is 25.7 Å². The molecule has 0 heterocycles. The Morgan fingerprint density at radius 2 is 1.57 bits per heavy atom. The maximum atomic E-state index is 9.36. The lowest BCUT2D eigenvalue weighted by molar-refractivity contribution is 0.175. The highest BCUT2D eigenvalue weighted by molar-refractivity contribution is 4.85. The molecule has 2 unspecified atom stereocenters. The molecule has 0 aromatic carbocycles. The summed E-state index contributed by atoms with van der Waals surface area (Å²) in [7, 11) is 1.93. The van der Waals surface area contributed by atoms with E-state index in [9.17, 15) is 5.11 Å². The Morgan fingerprint density at radius 1 is 1.14 bits per heavy atom. The topological polar surface area (TPSA) is 32.3 Å². The van der Waals surface area contributed by atoms with Crippen molar-refractivity contribution in [1.29, 1.82) is 0 Å². The average Bonchev–Trinajstić information content (AvgIpc) is 2.58. The zero-order valence-electron chi connectivity index (χ0n) is 9.63. The van der Waals surface area contributed by atoms with Gasteiger partial charge in [0.15, 0.2) is 0 Å². The third kappa shape index (κ3) is 3.58. The smallest absolute Gasteiger partial charge is 0.0545 e. The quantitative estimate of drug-likeness (QED) is 0.678. The molecule has 14 heavy (non-hydrogen) atoms. The number of aliphatic hydroxyl groups excluding tert-OH is 1. The Balaban J connectivity index is 0.000000213. The first-order valence-corrected chi connectivity index (χ1v) is 6.10. The molecule has 0 radical (unpaired) electrons. The average molecular weight is 199 g/mol. The highest BCUT2D eigenvalue weighted by Crippen LogP contribution is 2.41. The maximum absolute atomic E-state index is 9.36. The molecule has 84 valence electrons. The molecule has 2 atom stereocenters. The molecule has 2 aliphatic rings. The Morgan fingerprint density at radius 3 is 1.93 bits per heavy atom. The van der Waals surface area contributed by atoms with E-state index in [4.69, 9.17) is 0 Å². The fourth-order valence-corrected chi connectivity index (χ4v) is 2.70. The first-order valence-electron chi connectivity index (χ1n) is 6.10. The number of aliphatic hydroxyl groups is 1. The molecule has 0 spiro atoms. The van der Waals surface area contributed by atoms with Crippen LogP contribution in [0.15, 0.2) is 0 Å². The van der Waals surface area contributed by atoms with Gasteiger partial charge in [-0.25, -0.2) is 0 Å². The Bertz CT molecular complexity index is 133. The molecule has 0 saturated heterocycles. The van der Waals surface area contributed by atoms with Crippen LogP contribution in [-0.4, -0.2) is 24.8 Å². The highest BCUT2D eigenvalue weighted by atomic mass is 16.3. The van der Waals surface area contributed by atoms with Gasteiger partial charge in [-0.1, -0.05) is 32.6 Å². The molecule has 0 bridgehead atoms. The number of hydrogen-bond donors (Lipinski definition) is 2. The standard InChI is InChI=1S/C9H16O.C3H9N/c10-9-5-7-3-1-2-4-8(7)6-9;1-3-4-2/h7-10H,1-6H2;4H,3H2,1-2H3. The normalized spacial score (nSPS) is 35.8. The summed E-state index contributed by atoms with van der Waals surface area (Å²) in [6.45, 7) is 3.14. The van der Waals surface area contributed by atoms with Crippen molar-refractivity contribution in [2.24, 2.45) is 11.8 Å². The van der Waals surface area contributed by atoms with Gasteiger partial charge in [0.2, 0.25) is 0 Å². The molecule has 2 N–H and O–H groups in total. The molecule has 2 saturated carbocycles. The maximum Gasteiger partial charge on any atom is 0.0545 e. The number of fused-ring (bicyclic) bond motifs is 1. The zero-order valence-corrected chi connectivity index (χ0v) is 9.63. The summed E-state index contributed by atoms with van der Waals surface area (Å²) in [5.74, 6) is 1.78. The largest absolute Gasteiger partial charge is 0.393 e. The van der Waals surface area contributed by atoms with Gasteiger partial charge >= 0.3 is 0 Å². The van der Waals surface area contributed by atoms with Gasteiger partial charge in [-0.3, -0.25) is 0 Å². The molecular formula is C12H25NO. The van der Waals surface area contributed by atoms with Crippen LogP contribution in [0.4, 0.5) is 0 Å². The summed E-state index contributed by atoms with van der Waals surface area (Å²) < 4.78 is 0. The monoisotopic (exact) mass is 199 g/mol. The van der Waals surface area contributed by atoms with Gasteiger partial charge in [-0.05, 0) is 38.3 Å². The van der Waals surface area contributed by atoms with Crippen molar-refractivity contribution in [1.82, 2.24) is 5.32 Å². The number of nitrogens with one attached hydrogen (secondary N) is 1. The number of rotatable bonds is 1.